The minimum atomic E-state index is -2.52. The van der Waals surface area contributed by atoms with Gasteiger partial charge < -0.3 is 14.9 Å². The van der Waals surface area contributed by atoms with E-state index in [0.29, 0.717) is 18.8 Å². The van der Waals surface area contributed by atoms with Gasteiger partial charge in [0, 0.05) is 31.5 Å². The van der Waals surface area contributed by atoms with Gasteiger partial charge in [-0.3, -0.25) is 9.78 Å². The van der Waals surface area contributed by atoms with Gasteiger partial charge in [-0.05, 0) is 26.0 Å². The minimum absolute atomic E-state index is 0.0766. The van der Waals surface area contributed by atoms with E-state index < -0.39 is 13.0 Å². The highest BCUT2D eigenvalue weighted by Gasteiger charge is 2.17. The van der Waals surface area contributed by atoms with Crippen LogP contribution in [0.15, 0.2) is 18.3 Å². The monoisotopic (exact) mass is 301 g/mol. The van der Waals surface area contributed by atoms with Crippen molar-refractivity contribution in [2.75, 3.05) is 37.7 Å². The van der Waals surface area contributed by atoms with E-state index in [9.17, 15) is 13.6 Å². The molecule has 0 aliphatic heterocycles. The van der Waals surface area contributed by atoms with E-state index in [-0.39, 0.29) is 24.8 Å². The number of carbonyl (C=O) groups excluding carboxylic acids is 1. The van der Waals surface area contributed by atoms with Crippen molar-refractivity contribution in [3.63, 3.8) is 0 Å². The van der Waals surface area contributed by atoms with E-state index in [0.717, 1.165) is 0 Å². The maximum atomic E-state index is 12.6. The average molecular weight is 301 g/mol. The molecule has 0 saturated carbocycles. The highest BCUT2D eigenvalue weighted by molar-refractivity contribution is 5.93. The van der Waals surface area contributed by atoms with Crippen LogP contribution in [0.4, 0.5) is 14.5 Å². The number of nitrogens with zero attached hydrogens (tertiary/aromatic N) is 3. The molecule has 0 radical (unpaired) electrons. The maximum Gasteiger partial charge on any atom is 0.272 e. The number of pyridine rings is 1. The molecule has 1 rings (SSSR count). The Balaban J connectivity index is 2.99. The number of aliphatic hydroxyl groups excluding tert-OH is 1. The molecule has 0 spiro atoms. The number of halogens is 2. The molecule has 0 saturated heterocycles. The molecule has 1 aromatic rings. The number of hydrogen-bond donors (Lipinski definition) is 1. The van der Waals surface area contributed by atoms with Crippen molar-refractivity contribution in [1.29, 1.82) is 0 Å². The largest absolute Gasteiger partial charge is 0.395 e. The van der Waals surface area contributed by atoms with Crippen LogP contribution >= 0.6 is 0 Å². The first-order valence-electron chi connectivity index (χ1n) is 6.92. The molecule has 0 bridgehead atoms. The fourth-order valence-electron chi connectivity index (χ4n) is 2.02. The van der Waals surface area contributed by atoms with Crippen LogP contribution in [0.5, 0.6) is 0 Å². The summed E-state index contributed by atoms with van der Waals surface area (Å²) in [5, 5.41) is 8.98. The number of amides is 1. The Morgan fingerprint density at radius 2 is 2.05 bits per heavy atom. The van der Waals surface area contributed by atoms with Crippen LogP contribution in [0.2, 0.25) is 0 Å². The molecule has 118 valence electrons. The lowest BCUT2D eigenvalue weighted by Crippen LogP contribution is -2.33. The summed E-state index contributed by atoms with van der Waals surface area (Å²) >= 11 is 0. The molecule has 5 nitrogen and oxygen atoms in total. The number of anilines is 1. The average Bonchev–Trinajstić information content (AvgIpc) is 2.47. The van der Waals surface area contributed by atoms with Crippen LogP contribution in [0.25, 0.3) is 0 Å². The molecular weight excluding hydrogens is 280 g/mol. The second-order valence-corrected chi connectivity index (χ2v) is 4.44. The van der Waals surface area contributed by atoms with E-state index in [1.807, 2.05) is 13.8 Å². The van der Waals surface area contributed by atoms with Crippen LogP contribution in [-0.2, 0) is 0 Å². The Bertz CT molecular complexity index is 454. The summed E-state index contributed by atoms with van der Waals surface area (Å²) in [5.41, 5.74) is 0.670. The lowest BCUT2D eigenvalue weighted by molar-refractivity contribution is 0.0767. The van der Waals surface area contributed by atoms with E-state index >= 15 is 0 Å². The highest BCUT2D eigenvalue weighted by Crippen LogP contribution is 2.17. The van der Waals surface area contributed by atoms with Crippen molar-refractivity contribution in [3.8, 4) is 0 Å². The summed E-state index contributed by atoms with van der Waals surface area (Å²) in [6.07, 6.45) is -1.10. The Labute approximate surface area is 123 Å². The molecule has 1 N–H and O–H groups in total. The quantitative estimate of drug-likeness (QED) is 0.793. The number of alkyl halides is 2. The molecule has 0 aliphatic carbocycles. The van der Waals surface area contributed by atoms with Gasteiger partial charge in [0.15, 0.2) is 0 Å². The first kappa shape index (κ1) is 17.3. The third-order valence-corrected chi connectivity index (χ3v) is 3.11. The Morgan fingerprint density at radius 1 is 1.38 bits per heavy atom. The maximum absolute atomic E-state index is 12.6. The molecule has 1 amide bonds. The molecule has 0 aliphatic rings. The van der Waals surface area contributed by atoms with Gasteiger partial charge in [0.05, 0.1) is 13.2 Å². The summed E-state index contributed by atoms with van der Waals surface area (Å²) in [7, 11) is 0. The topological polar surface area (TPSA) is 56.7 Å². The molecule has 21 heavy (non-hydrogen) atoms. The van der Waals surface area contributed by atoms with Crippen LogP contribution < -0.4 is 4.90 Å². The van der Waals surface area contributed by atoms with Crippen molar-refractivity contribution >= 4 is 11.6 Å². The fourth-order valence-corrected chi connectivity index (χ4v) is 2.02. The van der Waals surface area contributed by atoms with Crippen LogP contribution in [0.3, 0.4) is 0 Å². The van der Waals surface area contributed by atoms with Gasteiger partial charge in [0.25, 0.3) is 12.3 Å². The van der Waals surface area contributed by atoms with Crippen LogP contribution in [0.1, 0.15) is 24.3 Å². The number of rotatable bonds is 8. The summed E-state index contributed by atoms with van der Waals surface area (Å²) in [5.74, 6) is -0.233. The van der Waals surface area contributed by atoms with Crippen molar-refractivity contribution in [3.05, 3.63) is 24.0 Å². The van der Waals surface area contributed by atoms with Crippen LogP contribution in [0, 0.1) is 0 Å². The molecular formula is C14H21F2N3O2. The minimum Gasteiger partial charge on any atom is -0.395 e. The van der Waals surface area contributed by atoms with Gasteiger partial charge in [-0.25, -0.2) is 8.78 Å². The van der Waals surface area contributed by atoms with Gasteiger partial charge in [-0.2, -0.15) is 0 Å². The van der Waals surface area contributed by atoms with Gasteiger partial charge in [-0.15, -0.1) is 0 Å². The first-order chi connectivity index (χ1) is 10.0. The Morgan fingerprint density at radius 3 is 2.57 bits per heavy atom. The van der Waals surface area contributed by atoms with Crippen molar-refractivity contribution in [2.24, 2.45) is 0 Å². The second-order valence-electron chi connectivity index (χ2n) is 4.44. The molecule has 0 atom stereocenters. The van der Waals surface area contributed by atoms with E-state index in [1.54, 1.807) is 11.0 Å². The van der Waals surface area contributed by atoms with E-state index in [2.05, 4.69) is 4.98 Å². The lowest BCUT2D eigenvalue weighted by atomic mass is 10.2. The van der Waals surface area contributed by atoms with Gasteiger partial charge >= 0.3 is 0 Å². The number of aliphatic hydroxyl groups is 1. The zero-order chi connectivity index (χ0) is 15.8. The summed E-state index contributed by atoms with van der Waals surface area (Å²) in [6, 6.07) is 3.04. The smallest absolute Gasteiger partial charge is 0.272 e. The number of hydrogen-bond acceptors (Lipinski definition) is 4. The summed E-state index contributed by atoms with van der Waals surface area (Å²) in [4.78, 5) is 19.2. The first-order valence-corrected chi connectivity index (χ1v) is 6.92. The number of aromatic nitrogens is 1. The lowest BCUT2D eigenvalue weighted by Gasteiger charge is -2.24. The van der Waals surface area contributed by atoms with E-state index in [1.165, 1.54) is 17.2 Å². The number of carbonyl (C=O) groups is 1. The molecule has 1 heterocycles. The third kappa shape index (κ3) is 4.93. The second kappa shape index (κ2) is 8.51. The van der Waals surface area contributed by atoms with Crippen molar-refractivity contribution < 1.29 is 18.7 Å². The SMILES string of the molecule is CCN(CC)C(=O)c1cc(N(CCO)CC(F)F)ccn1. The van der Waals surface area contributed by atoms with Gasteiger partial charge in [0.1, 0.15) is 5.69 Å². The summed E-state index contributed by atoms with van der Waals surface area (Å²) in [6.45, 7) is 4.17. The van der Waals surface area contributed by atoms with Crippen molar-refractivity contribution in [2.45, 2.75) is 20.3 Å². The molecule has 7 heteroatoms. The molecule has 0 unspecified atom stereocenters. The zero-order valence-electron chi connectivity index (χ0n) is 12.3. The van der Waals surface area contributed by atoms with Gasteiger partial charge in [-0.1, -0.05) is 0 Å². The molecule has 0 aromatic carbocycles. The van der Waals surface area contributed by atoms with Gasteiger partial charge in [0.2, 0.25) is 0 Å². The predicted molar refractivity (Wildman–Crippen MR) is 76.8 cm³/mol. The predicted octanol–water partition coefficient (Wildman–Crippen LogP) is 1.63. The van der Waals surface area contributed by atoms with Crippen LogP contribution in [-0.4, -0.2) is 60.1 Å². The highest BCUT2D eigenvalue weighted by atomic mass is 19.3. The molecule has 1 aromatic heterocycles. The zero-order valence-corrected chi connectivity index (χ0v) is 12.3. The standard InChI is InChI=1S/C14H21F2N3O2/c1-3-18(4-2)14(21)12-9-11(5-6-17-12)19(7-8-20)10-13(15)16/h5-6,9,13,20H,3-4,7-8,10H2,1-2H3. The fraction of sp³-hybridized carbons (Fsp3) is 0.571. The molecule has 0 fully saturated rings. The summed E-state index contributed by atoms with van der Waals surface area (Å²) < 4.78 is 25.2. The Kier molecular flexibility index (Phi) is 7.01. The van der Waals surface area contributed by atoms with E-state index in [4.69, 9.17) is 5.11 Å². The Hall–Kier alpha value is -1.76. The van der Waals surface area contributed by atoms with Crippen molar-refractivity contribution in [1.82, 2.24) is 9.88 Å². The third-order valence-electron chi connectivity index (χ3n) is 3.11. The normalized spacial score (nSPS) is 10.8.